The molecule has 0 bridgehead atoms. The summed E-state index contributed by atoms with van der Waals surface area (Å²) in [5, 5.41) is 0. The van der Waals surface area contributed by atoms with E-state index in [1.54, 1.807) is 0 Å². The predicted molar refractivity (Wildman–Crippen MR) is 122 cm³/mol. The Kier molecular flexibility index (Phi) is 8.78. The van der Waals surface area contributed by atoms with E-state index < -0.39 is 0 Å². The molecule has 0 aromatic carbocycles. The highest BCUT2D eigenvalue weighted by Crippen LogP contribution is 2.40. The molecule has 2 nitrogen and oxygen atoms in total. The summed E-state index contributed by atoms with van der Waals surface area (Å²) in [6.45, 7) is 24.9. The Morgan fingerprint density at radius 3 is 2.07 bits per heavy atom. The molecule has 0 aromatic heterocycles. The maximum absolute atomic E-state index is 6.43. The zero-order chi connectivity index (χ0) is 21.8. The Bertz CT molecular complexity index is 564. The fourth-order valence-corrected chi connectivity index (χ4v) is 3.47. The molecule has 0 aliphatic carbocycles. The van der Waals surface area contributed by atoms with E-state index in [-0.39, 0.29) is 34.7 Å². The summed E-state index contributed by atoms with van der Waals surface area (Å²) >= 11 is 0. The van der Waals surface area contributed by atoms with Crippen molar-refractivity contribution in [2.75, 3.05) is 0 Å². The average molecular weight is 391 g/mol. The molecule has 2 heteroatoms. The van der Waals surface area contributed by atoms with Crippen molar-refractivity contribution in [3.63, 3.8) is 0 Å². The Hall–Kier alpha value is -0.860. The second-order valence-corrected chi connectivity index (χ2v) is 11.5. The van der Waals surface area contributed by atoms with Crippen LogP contribution in [0.3, 0.4) is 0 Å². The normalized spacial score (nSPS) is 26.0. The molecular weight excluding hydrogens is 344 g/mol. The molecule has 1 saturated heterocycles. The first-order chi connectivity index (χ1) is 12.7. The largest absolute Gasteiger partial charge is 0.346 e. The van der Waals surface area contributed by atoms with Gasteiger partial charge in [0.25, 0.3) is 0 Å². The van der Waals surface area contributed by atoms with Crippen LogP contribution < -0.4 is 0 Å². The highest BCUT2D eigenvalue weighted by Gasteiger charge is 2.41. The van der Waals surface area contributed by atoms with Crippen molar-refractivity contribution in [3.05, 3.63) is 36.0 Å². The second kappa shape index (κ2) is 9.76. The number of ether oxygens (including phenoxy) is 2. The van der Waals surface area contributed by atoms with Crippen molar-refractivity contribution >= 4 is 0 Å². The number of hydrogen-bond acceptors (Lipinski definition) is 2. The average Bonchev–Trinajstić information content (AvgIpc) is 2.51. The van der Waals surface area contributed by atoms with E-state index in [9.17, 15) is 0 Å². The molecule has 0 spiro atoms. The van der Waals surface area contributed by atoms with Gasteiger partial charge in [0.2, 0.25) is 0 Å². The predicted octanol–water partition coefficient (Wildman–Crippen LogP) is 7.71. The Morgan fingerprint density at radius 1 is 1.00 bits per heavy atom. The molecule has 1 heterocycles. The molecule has 162 valence electrons. The molecule has 0 saturated carbocycles. The van der Waals surface area contributed by atoms with Gasteiger partial charge in [0, 0.05) is 6.42 Å². The van der Waals surface area contributed by atoms with E-state index in [4.69, 9.17) is 9.47 Å². The minimum Gasteiger partial charge on any atom is -0.346 e. The Labute approximate surface area is 175 Å². The minimum absolute atomic E-state index is 0.113. The summed E-state index contributed by atoms with van der Waals surface area (Å²) in [5.74, 6) is 0.553. The monoisotopic (exact) mass is 390 g/mol. The van der Waals surface area contributed by atoms with Gasteiger partial charge in [-0.1, -0.05) is 93.5 Å². The van der Waals surface area contributed by atoms with Crippen LogP contribution in [0.5, 0.6) is 0 Å². The van der Waals surface area contributed by atoms with E-state index in [2.05, 4.69) is 107 Å². The van der Waals surface area contributed by atoms with Gasteiger partial charge < -0.3 is 9.47 Å². The van der Waals surface area contributed by atoms with E-state index in [0.717, 1.165) is 12.8 Å². The highest BCUT2D eigenvalue weighted by atomic mass is 16.7. The lowest BCUT2D eigenvalue weighted by atomic mass is 9.73. The van der Waals surface area contributed by atoms with Gasteiger partial charge in [-0.25, -0.2) is 0 Å². The maximum atomic E-state index is 6.43. The smallest absolute Gasteiger partial charge is 0.177 e. The van der Waals surface area contributed by atoms with Crippen LogP contribution in [0.4, 0.5) is 0 Å². The maximum Gasteiger partial charge on any atom is 0.177 e. The van der Waals surface area contributed by atoms with Gasteiger partial charge in [-0.3, -0.25) is 0 Å². The molecule has 1 aliphatic rings. The van der Waals surface area contributed by atoms with Crippen LogP contribution in [0.2, 0.25) is 0 Å². The molecule has 1 fully saturated rings. The molecule has 0 radical (unpaired) electrons. The second-order valence-electron chi connectivity index (χ2n) is 11.5. The lowest BCUT2D eigenvalue weighted by Gasteiger charge is -2.45. The lowest BCUT2D eigenvalue weighted by molar-refractivity contribution is -0.251. The third-order valence-corrected chi connectivity index (χ3v) is 6.02. The summed E-state index contributed by atoms with van der Waals surface area (Å²) in [5.41, 5.74) is 1.77. The van der Waals surface area contributed by atoms with Gasteiger partial charge in [0.15, 0.2) is 6.29 Å². The zero-order valence-corrected chi connectivity index (χ0v) is 20.4. The summed E-state index contributed by atoms with van der Waals surface area (Å²) in [4.78, 5) is 0. The van der Waals surface area contributed by atoms with Crippen LogP contribution in [-0.2, 0) is 9.47 Å². The van der Waals surface area contributed by atoms with E-state index in [1.807, 2.05) is 0 Å². The van der Waals surface area contributed by atoms with Crippen LogP contribution in [0.15, 0.2) is 36.0 Å². The van der Waals surface area contributed by atoms with Crippen molar-refractivity contribution in [1.82, 2.24) is 0 Å². The van der Waals surface area contributed by atoms with Gasteiger partial charge in [-0.05, 0) is 47.2 Å². The highest BCUT2D eigenvalue weighted by molar-refractivity contribution is 5.28. The van der Waals surface area contributed by atoms with Crippen molar-refractivity contribution in [1.29, 1.82) is 0 Å². The van der Waals surface area contributed by atoms with E-state index >= 15 is 0 Å². The molecule has 0 aromatic rings. The van der Waals surface area contributed by atoms with E-state index in [1.165, 1.54) is 5.57 Å². The summed E-state index contributed by atoms with van der Waals surface area (Å²) in [7, 11) is 0. The van der Waals surface area contributed by atoms with Gasteiger partial charge in [0.1, 0.15) is 0 Å². The molecule has 28 heavy (non-hydrogen) atoms. The quantitative estimate of drug-likeness (QED) is 0.432. The van der Waals surface area contributed by atoms with Gasteiger partial charge in [-0.2, -0.15) is 0 Å². The third kappa shape index (κ3) is 7.87. The van der Waals surface area contributed by atoms with Crippen LogP contribution in [-0.4, -0.2) is 18.5 Å². The standard InChI is InChI=1S/C26H46O2/c1-12-14-20(25(7,8)9)15-13-16-23-27-21(18-24(4,5)6)17-22(28-23)26(10,11)19(2)3/h12-16,19,21-23H,17-18H2,1-11H3/b14-12-,16-13+,20-15+. The van der Waals surface area contributed by atoms with Gasteiger partial charge in [0.05, 0.1) is 12.2 Å². The molecule has 1 rings (SSSR count). The number of allylic oxidation sites excluding steroid dienone is 5. The first-order valence-electron chi connectivity index (χ1n) is 11.0. The van der Waals surface area contributed by atoms with E-state index in [0.29, 0.717) is 5.92 Å². The topological polar surface area (TPSA) is 18.5 Å². The van der Waals surface area contributed by atoms with Crippen molar-refractivity contribution in [2.45, 2.75) is 108 Å². The first kappa shape index (κ1) is 25.2. The molecule has 3 unspecified atom stereocenters. The third-order valence-electron chi connectivity index (χ3n) is 6.02. The first-order valence-corrected chi connectivity index (χ1v) is 11.0. The van der Waals surface area contributed by atoms with Gasteiger partial charge in [-0.15, -0.1) is 0 Å². The fourth-order valence-electron chi connectivity index (χ4n) is 3.47. The molecule has 0 N–H and O–H groups in total. The Morgan fingerprint density at radius 2 is 1.61 bits per heavy atom. The van der Waals surface area contributed by atoms with Gasteiger partial charge >= 0.3 is 0 Å². The lowest BCUT2D eigenvalue weighted by Crippen LogP contribution is -2.47. The summed E-state index contributed by atoms with van der Waals surface area (Å²) in [6.07, 6.45) is 12.8. The number of hydrogen-bond donors (Lipinski definition) is 0. The van der Waals surface area contributed by atoms with Crippen LogP contribution in [0.25, 0.3) is 0 Å². The molecule has 3 atom stereocenters. The Balaban J connectivity index is 3.05. The van der Waals surface area contributed by atoms with Crippen LogP contribution in [0.1, 0.15) is 89.0 Å². The summed E-state index contributed by atoms with van der Waals surface area (Å²) < 4.78 is 12.8. The van der Waals surface area contributed by atoms with Crippen molar-refractivity contribution < 1.29 is 9.47 Å². The van der Waals surface area contributed by atoms with Crippen LogP contribution >= 0.6 is 0 Å². The van der Waals surface area contributed by atoms with Crippen LogP contribution in [0, 0.1) is 22.2 Å². The van der Waals surface area contributed by atoms with Crippen molar-refractivity contribution in [2.24, 2.45) is 22.2 Å². The SMILES string of the molecule is C\C=C/C(=C\C=C\C1OC(CC(C)(C)C)CC(C(C)(C)C(C)C)O1)C(C)(C)C. The molecular formula is C26H46O2. The number of rotatable bonds is 6. The fraction of sp³-hybridized carbons (Fsp3) is 0.769. The zero-order valence-electron chi connectivity index (χ0n) is 20.4. The molecule has 0 amide bonds. The minimum atomic E-state index is -0.285. The van der Waals surface area contributed by atoms with Crippen molar-refractivity contribution in [3.8, 4) is 0 Å². The molecule has 1 aliphatic heterocycles. The summed E-state index contributed by atoms with van der Waals surface area (Å²) in [6, 6.07) is 0.